The molecule has 2 rings (SSSR count). The van der Waals surface area contributed by atoms with Gasteiger partial charge in [-0.25, -0.2) is 8.78 Å². The average Bonchev–Trinajstić information content (AvgIpc) is 2.57. The molecule has 2 aromatic carbocycles. The highest BCUT2D eigenvalue weighted by molar-refractivity contribution is 5.79. The maximum atomic E-state index is 13.7. The SMILES string of the molecule is CN=C(NCc1cccc(CN(C)C)c1)NCc1cc(F)ccc1F. The predicted molar refractivity (Wildman–Crippen MR) is 97.2 cm³/mol. The molecule has 0 spiro atoms. The first kappa shape index (κ1) is 18.9. The van der Waals surface area contributed by atoms with Crippen LogP contribution < -0.4 is 10.6 Å². The summed E-state index contributed by atoms with van der Waals surface area (Å²) in [6.07, 6.45) is 0. The number of rotatable bonds is 6. The van der Waals surface area contributed by atoms with Crippen molar-refractivity contribution in [1.29, 1.82) is 0 Å². The Morgan fingerprint density at radius 1 is 1.00 bits per heavy atom. The third-order valence-corrected chi connectivity index (χ3v) is 3.63. The van der Waals surface area contributed by atoms with Crippen LogP contribution in [0.4, 0.5) is 8.78 Å². The first-order valence-electron chi connectivity index (χ1n) is 8.09. The third kappa shape index (κ3) is 6.15. The number of hydrogen-bond acceptors (Lipinski definition) is 2. The van der Waals surface area contributed by atoms with Crippen molar-refractivity contribution in [2.24, 2.45) is 4.99 Å². The molecule has 0 saturated heterocycles. The van der Waals surface area contributed by atoms with Gasteiger partial charge in [-0.2, -0.15) is 0 Å². The van der Waals surface area contributed by atoms with Gasteiger partial charge in [-0.15, -0.1) is 0 Å². The molecule has 0 heterocycles. The second-order valence-electron chi connectivity index (χ2n) is 6.07. The number of benzene rings is 2. The van der Waals surface area contributed by atoms with Crippen molar-refractivity contribution in [3.63, 3.8) is 0 Å². The van der Waals surface area contributed by atoms with Gasteiger partial charge in [0, 0.05) is 32.2 Å². The Balaban J connectivity index is 1.91. The molecule has 0 radical (unpaired) electrons. The monoisotopic (exact) mass is 346 g/mol. The number of aliphatic imine (C=N–C) groups is 1. The van der Waals surface area contributed by atoms with E-state index in [2.05, 4.69) is 32.7 Å². The smallest absolute Gasteiger partial charge is 0.191 e. The largest absolute Gasteiger partial charge is 0.352 e. The second-order valence-corrected chi connectivity index (χ2v) is 6.07. The fraction of sp³-hybridized carbons (Fsp3) is 0.316. The van der Waals surface area contributed by atoms with Gasteiger partial charge in [0.05, 0.1) is 0 Å². The van der Waals surface area contributed by atoms with E-state index in [0.29, 0.717) is 12.5 Å². The molecule has 2 aromatic rings. The molecule has 0 aromatic heterocycles. The molecule has 6 heteroatoms. The van der Waals surface area contributed by atoms with Crippen LogP contribution in [0.1, 0.15) is 16.7 Å². The summed E-state index contributed by atoms with van der Waals surface area (Å²) in [7, 11) is 5.70. The molecule has 0 bridgehead atoms. The highest BCUT2D eigenvalue weighted by atomic mass is 19.1. The lowest BCUT2D eigenvalue weighted by molar-refractivity contribution is 0.402. The summed E-state index contributed by atoms with van der Waals surface area (Å²) >= 11 is 0. The zero-order chi connectivity index (χ0) is 18.2. The highest BCUT2D eigenvalue weighted by Crippen LogP contribution is 2.09. The molecular weight excluding hydrogens is 322 g/mol. The van der Waals surface area contributed by atoms with Crippen LogP contribution in [0.3, 0.4) is 0 Å². The van der Waals surface area contributed by atoms with Gasteiger partial charge in [0.2, 0.25) is 0 Å². The lowest BCUT2D eigenvalue weighted by Gasteiger charge is -2.14. The van der Waals surface area contributed by atoms with E-state index in [9.17, 15) is 8.78 Å². The van der Waals surface area contributed by atoms with Crippen molar-refractivity contribution in [3.05, 3.63) is 70.8 Å². The molecule has 0 atom stereocenters. The molecule has 0 unspecified atom stereocenters. The number of hydrogen-bond donors (Lipinski definition) is 2. The fourth-order valence-corrected chi connectivity index (χ4v) is 2.47. The van der Waals surface area contributed by atoms with Gasteiger partial charge in [0.15, 0.2) is 5.96 Å². The summed E-state index contributed by atoms with van der Waals surface area (Å²) in [6, 6.07) is 11.7. The summed E-state index contributed by atoms with van der Waals surface area (Å²) in [5.74, 6) is -0.374. The molecular formula is C19H24F2N4. The van der Waals surface area contributed by atoms with Crippen molar-refractivity contribution < 1.29 is 8.78 Å². The van der Waals surface area contributed by atoms with Crippen LogP contribution in [-0.4, -0.2) is 32.0 Å². The van der Waals surface area contributed by atoms with Gasteiger partial charge >= 0.3 is 0 Å². The van der Waals surface area contributed by atoms with E-state index >= 15 is 0 Å². The molecule has 4 nitrogen and oxygen atoms in total. The predicted octanol–water partition coefficient (Wildman–Crippen LogP) is 2.89. The van der Waals surface area contributed by atoms with Crippen molar-refractivity contribution in [2.75, 3.05) is 21.1 Å². The summed E-state index contributed by atoms with van der Waals surface area (Å²) < 4.78 is 26.9. The van der Waals surface area contributed by atoms with Gasteiger partial charge in [-0.3, -0.25) is 4.99 Å². The highest BCUT2D eigenvalue weighted by Gasteiger charge is 2.05. The van der Waals surface area contributed by atoms with Crippen molar-refractivity contribution in [2.45, 2.75) is 19.6 Å². The number of nitrogens with zero attached hydrogens (tertiary/aromatic N) is 2. The fourth-order valence-electron chi connectivity index (χ4n) is 2.47. The Morgan fingerprint density at radius 3 is 2.44 bits per heavy atom. The standard InChI is InChI=1S/C19H24F2N4/c1-22-19(24-12-16-10-17(20)7-8-18(16)21)23-11-14-5-4-6-15(9-14)13-25(2)3/h4-10H,11-13H2,1-3H3,(H2,22,23,24). The van der Waals surface area contributed by atoms with Crippen molar-refractivity contribution in [3.8, 4) is 0 Å². The summed E-state index contributed by atoms with van der Waals surface area (Å²) in [5.41, 5.74) is 2.62. The van der Waals surface area contributed by atoms with E-state index in [1.807, 2.05) is 26.2 Å². The molecule has 2 N–H and O–H groups in total. The first-order valence-corrected chi connectivity index (χ1v) is 8.09. The van der Waals surface area contributed by atoms with Crippen LogP contribution in [0.5, 0.6) is 0 Å². The van der Waals surface area contributed by atoms with Crippen LogP contribution in [0.25, 0.3) is 0 Å². The van der Waals surface area contributed by atoms with E-state index < -0.39 is 11.6 Å². The zero-order valence-electron chi connectivity index (χ0n) is 14.8. The van der Waals surface area contributed by atoms with Gasteiger partial charge in [-0.05, 0) is 43.4 Å². The van der Waals surface area contributed by atoms with Crippen LogP contribution in [0, 0.1) is 11.6 Å². The Morgan fingerprint density at radius 2 is 1.72 bits per heavy atom. The Kier molecular flexibility index (Phi) is 6.89. The average molecular weight is 346 g/mol. The topological polar surface area (TPSA) is 39.7 Å². The quantitative estimate of drug-likeness (QED) is 0.624. The molecule has 0 saturated carbocycles. The summed E-state index contributed by atoms with van der Waals surface area (Å²) in [6.45, 7) is 1.62. The zero-order valence-corrected chi connectivity index (χ0v) is 14.8. The lowest BCUT2D eigenvalue weighted by Crippen LogP contribution is -2.36. The molecule has 0 fully saturated rings. The Labute approximate surface area is 147 Å². The molecule has 0 aliphatic rings. The van der Waals surface area contributed by atoms with Crippen molar-refractivity contribution >= 4 is 5.96 Å². The normalized spacial score (nSPS) is 11.7. The van der Waals surface area contributed by atoms with Crippen LogP contribution >= 0.6 is 0 Å². The lowest BCUT2D eigenvalue weighted by atomic mass is 10.1. The molecule has 25 heavy (non-hydrogen) atoms. The van der Waals surface area contributed by atoms with Crippen LogP contribution in [-0.2, 0) is 19.6 Å². The summed E-state index contributed by atoms with van der Waals surface area (Å²) in [4.78, 5) is 6.22. The molecule has 0 aliphatic carbocycles. The van der Waals surface area contributed by atoms with Gasteiger partial charge in [0.1, 0.15) is 11.6 Å². The van der Waals surface area contributed by atoms with E-state index in [0.717, 1.165) is 24.2 Å². The van der Waals surface area contributed by atoms with E-state index in [1.54, 1.807) is 7.05 Å². The first-order chi connectivity index (χ1) is 12.0. The minimum atomic E-state index is -0.459. The molecule has 134 valence electrons. The minimum Gasteiger partial charge on any atom is -0.352 e. The summed E-state index contributed by atoms with van der Waals surface area (Å²) in [5, 5.41) is 6.17. The van der Waals surface area contributed by atoms with Crippen molar-refractivity contribution in [1.82, 2.24) is 15.5 Å². The van der Waals surface area contributed by atoms with Gasteiger partial charge < -0.3 is 15.5 Å². The Hall–Kier alpha value is -2.47. The maximum Gasteiger partial charge on any atom is 0.191 e. The van der Waals surface area contributed by atoms with E-state index in [1.165, 1.54) is 11.6 Å². The van der Waals surface area contributed by atoms with Gasteiger partial charge in [0.25, 0.3) is 0 Å². The number of nitrogens with one attached hydrogen (secondary N) is 2. The second kappa shape index (κ2) is 9.13. The Bertz CT molecular complexity index is 729. The van der Waals surface area contributed by atoms with E-state index in [4.69, 9.17) is 0 Å². The van der Waals surface area contributed by atoms with Gasteiger partial charge in [-0.1, -0.05) is 24.3 Å². The number of halogens is 2. The maximum absolute atomic E-state index is 13.7. The van der Waals surface area contributed by atoms with Crippen LogP contribution in [0.2, 0.25) is 0 Å². The third-order valence-electron chi connectivity index (χ3n) is 3.63. The molecule has 0 amide bonds. The number of guanidine groups is 1. The van der Waals surface area contributed by atoms with E-state index in [-0.39, 0.29) is 12.1 Å². The van der Waals surface area contributed by atoms with Crippen LogP contribution in [0.15, 0.2) is 47.5 Å². The minimum absolute atomic E-state index is 0.157. The molecule has 0 aliphatic heterocycles.